The summed E-state index contributed by atoms with van der Waals surface area (Å²) in [5.41, 5.74) is 1.10. The van der Waals surface area contributed by atoms with Gasteiger partial charge in [-0.05, 0) is 51.3 Å². The normalized spacial score (nSPS) is 18.9. The molecule has 1 saturated heterocycles. The van der Waals surface area contributed by atoms with Gasteiger partial charge < -0.3 is 5.32 Å². The molecule has 0 unspecified atom stereocenters. The van der Waals surface area contributed by atoms with Gasteiger partial charge in [0, 0.05) is 30.9 Å². The van der Waals surface area contributed by atoms with E-state index in [2.05, 4.69) is 29.2 Å². The summed E-state index contributed by atoms with van der Waals surface area (Å²) in [6.07, 6.45) is 2.46. The highest BCUT2D eigenvalue weighted by atomic mass is 16.2. The Balaban J connectivity index is 1.72. The Bertz CT molecular complexity index is 847. The maximum absolute atomic E-state index is 12.6. The van der Waals surface area contributed by atoms with Crippen molar-refractivity contribution in [1.29, 1.82) is 0 Å². The van der Waals surface area contributed by atoms with Crippen LogP contribution in [0.4, 0.5) is 0 Å². The van der Waals surface area contributed by atoms with Crippen LogP contribution in [-0.4, -0.2) is 46.3 Å². The first kappa shape index (κ1) is 19.3. The second-order valence-electron chi connectivity index (χ2n) is 7.55. The SMILES string of the molecule is Cc1cc(=O)c(C(=O)NC[C@H](C)N2CCC[C@@H](C)C2)nn1-c1ccccc1. The Morgan fingerprint density at radius 2 is 2.07 bits per heavy atom. The van der Waals surface area contributed by atoms with E-state index in [0.717, 1.165) is 18.8 Å². The van der Waals surface area contributed by atoms with Crippen molar-refractivity contribution in [3.8, 4) is 5.69 Å². The van der Waals surface area contributed by atoms with Gasteiger partial charge in [-0.25, -0.2) is 4.68 Å². The van der Waals surface area contributed by atoms with E-state index < -0.39 is 5.91 Å². The number of aromatic nitrogens is 2. The number of aryl methyl sites for hydroxylation is 1. The number of rotatable bonds is 5. The highest BCUT2D eigenvalue weighted by Gasteiger charge is 2.22. The van der Waals surface area contributed by atoms with Crippen LogP contribution in [0, 0.1) is 12.8 Å². The van der Waals surface area contributed by atoms with Gasteiger partial charge in [0.2, 0.25) is 5.43 Å². The Hall–Kier alpha value is -2.47. The van der Waals surface area contributed by atoms with Gasteiger partial charge >= 0.3 is 0 Å². The first-order valence-corrected chi connectivity index (χ1v) is 9.64. The molecule has 1 amide bonds. The second kappa shape index (κ2) is 8.48. The van der Waals surface area contributed by atoms with Crippen molar-refractivity contribution in [1.82, 2.24) is 20.0 Å². The minimum Gasteiger partial charge on any atom is -0.349 e. The number of nitrogens with zero attached hydrogens (tertiary/aromatic N) is 3. The van der Waals surface area contributed by atoms with Crippen molar-refractivity contribution in [2.75, 3.05) is 19.6 Å². The van der Waals surface area contributed by atoms with Crippen molar-refractivity contribution in [2.24, 2.45) is 5.92 Å². The predicted octanol–water partition coefficient (Wildman–Crippen LogP) is 2.39. The lowest BCUT2D eigenvalue weighted by atomic mass is 9.99. The van der Waals surface area contributed by atoms with Crippen LogP contribution >= 0.6 is 0 Å². The van der Waals surface area contributed by atoms with E-state index in [1.165, 1.54) is 18.9 Å². The van der Waals surface area contributed by atoms with E-state index in [4.69, 9.17) is 0 Å². The fraction of sp³-hybridized carbons (Fsp3) is 0.476. The minimum absolute atomic E-state index is 0.0661. The van der Waals surface area contributed by atoms with Crippen molar-refractivity contribution in [2.45, 2.75) is 39.7 Å². The van der Waals surface area contributed by atoms with Crippen molar-refractivity contribution in [3.63, 3.8) is 0 Å². The third kappa shape index (κ3) is 4.63. The Morgan fingerprint density at radius 3 is 2.78 bits per heavy atom. The van der Waals surface area contributed by atoms with Crippen molar-refractivity contribution in [3.05, 3.63) is 58.0 Å². The van der Waals surface area contributed by atoms with Gasteiger partial charge in [-0.2, -0.15) is 5.10 Å². The van der Waals surface area contributed by atoms with E-state index in [1.54, 1.807) is 4.68 Å². The number of hydrogen-bond acceptors (Lipinski definition) is 4. The highest BCUT2D eigenvalue weighted by Crippen LogP contribution is 2.17. The Labute approximate surface area is 160 Å². The standard InChI is InChI=1S/C21H28N4O2/c1-15-8-7-11-24(14-15)17(3)13-22-21(27)20-19(26)12-16(2)25(23-20)18-9-5-4-6-10-18/h4-6,9-10,12,15,17H,7-8,11,13-14H2,1-3H3,(H,22,27)/t15-,17+/m1/s1. The van der Waals surface area contributed by atoms with Gasteiger partial charge in [-0.3, -0.25) is 14.5 Å². The molecule has 1 aromatic heterocycles. The predicted molar refractivity (Wildman–Crippen MR) is 106 cm³/mol. The number of piperidine rings is 1. The zero-order valence-corrected chi connectivity index (χ0v) is 16.3. The monoisotopic (exact) mass is 368 g/mol. The zero-order valence-electron chi connectivity index (χ0n) is 16.3. The zero-order chi connectivity index (χ0) is 19.4. The molecule has 144 valence electrons. The van der Waals surface area contributed by atoms with E-state index >= 15 is 0 Å². The molecule has 0 spiro atoms. The third-order valence-electron chi connectivity index (χ3n) is 5.19. The summed E-state index contributed by atoms with van der Waals surface area (Å²) in [5.74, 6) is 0.273. The summed E-state index contributed by atoms with van der Waals surface area (Å²) in [5, 5.41) is 7.22. The molecule has 1 fully saturated rings. The topological polar surface area (TPSA) is 67.2 Å². The minimum atomic E-state index is -0.415. The first-order chi connectivity index (χ1) is 13.0. The van der Waals surface area contributed by atoms with E-state index in [0.29, 0.717) is 18.2 Å². The van der Waals surface area contributed by atoms with Gasteiger partial charge in [-0.15, -0.1) is 0 Å². The number of likely N-dealkylation sites (tertiary alicyclic amines) is 1. The smallest absolute Gasteiger partial charge is 0.275 e. The molecule has 0 saturated carbocycles. The molecule has 27 heavy (non-hydrogen) atoms. The molecule has 1 aromatic carbocycles. The number of carbonyl (C=O) groups excluding carboxylic acids is 1. The molecule has 2 aromatic rings. The van der Waals surface area contributed by atoms with E-state index in [-0.39, 0.29) is 17.2 Å². The lowest BCUT2D eigenvalue weighted by molar-refractivity contribution is 0.0910. The maximum atomic E-state index is 12.6. The lowest BCUT2D eigenvalue weighted by Crippen LogP contribution is -2.47. The summed E-state index contributed by atoms with van der Waals surface area (Å²) in [6.45, 7) is 8.81. The van der Waals surface area contributed by atoms with Crippen LogP contribution in [0.15, 0.2) is 41.2 Å². The van der Waals surface area contributed by atoms with Crippen LogP contribution in [0.3, 0.4) is 0 Å². The molecule has 6 nitrogen and oxygen atoms in total. The van der Waals surface area contributed by atoms with Gasteiger partial charge in [0.25, 0.3) is 5.91 Å². The van der Waals surface area contributed by atoms with Crippen LogP contribution in [0.5, 0.6) is 0 Å². The molecule has 2 atom stereocenters. The van der Waals surface area contributed by atoms with Crippen molar-refractivity contribution < 1.29 is 4.79 Å². The van der Waals surface area contributed by atoms with Gasteiger partial charge in [0.15, 0.2) is 5.69 Å². The molecule has 1 N–H and O–H groups in total. The molecule has 1 aliphatic heterocycles. The van der Waals surface area contributed by atoms with E-state index in [9.17, 15) is 9.59 Å². The highest BCUT2D eigenvalue weighted by molar-refractivity contribution is 5.92. The molecule has 2 heterocycles. The number of hydrogen-bond donors (Lipinski definition) is 1. The van der Waals surface area contributed by atoms with E-state index in [1.807, 2.05) is 37.3 Å². The quantitative estimate of drug-likeness (QED) is 0.880. The van der Waals surface area contributed by atoms with Crippen LogP contribution in [0.25, 0.3) is 5.69 Å². The Kier molecular flexibility index (Phi) is 6.06. The third-order valence-corrected chi connectivity index (χ3v) is 5.19. The van der Waals surface area contributed by atoms with Crippen LogP contribution in [0.2, 0.25) is 0 Å². The molecule has 6 heteroatoms. The van der Waals surface area contributed by atoms with Crippen LogP contribution in [0.1, 0.15) is 42.9 Å². The molecular formula is C21H28N4O2. The van der Waals surface area contributed by atoms with Crippen LogP contribution < -0.4 is 10.7 Å². The van der Waals surface area contributed by atoms with Crippen LogP contribution in [-0.2, 0) is 0 Å². The summed E-state index contributed by atoms with van der Waals surface area (Å²) in [4.78, 5) is 27.3. The molecule has 0 bridgehead atoms. The number of para-hydroxylation sites is 1. The van der Waals surface area contributed by atoms with Gasteiger partial charge in [0.1, 0.15) is 0 Å². The second-order valence-corrected chi connectivity index (χ2v) is 7.55. The first-order valence-electron chi connectivity index (χ1n) is 9.64. The average molecular weight is 368 g/mol. The summed E-state index contributed by atoms with van der Waals surface area (Å²) in [6, 6.07) is 11.2. The number of benzene rings is 1. The van der Waals surface area contributed by atoms with Crippen molar-refractivity contribution >= 4 is 5.91 Å². The number of amides is 1. The lowest BCUT2D eigenvalue weighted by Gasteiger charge is -2.35. The summed E-state index contributed by atoms with van der Waals surface area (Å²) in [7, 11) is 0. The fourth-order valence-electron chi connectivity index (χ4n) is 3.61. The Morgan fingerprint density at radius 1 is 1.33 bits per heavy atom. The average Bonchev–Trinajstić information content (AvgIpc) is 2.66. The molecule has 0 aliphatic carbocycles. The fourth-order valence-corrected chi connectivity index (χ4v) is 3.61. The molecule has 1 aliphatic rings. The molecular weight excluding hydrogens is 340 g/mol. The molecule has 0 radical (unpaired) electrons. The summed E-state index contributed by atoms with van der Waals surface area (Å²) >= 11 is 0. The maximum Gasteiger partial charge on any atom is 0.275 e. The molecule has 3 rings (SSSR count). The largest absolute Gasteiger partial charge is 0.349 e. The number of carbonyl (C=O) groups is 1. The van der Waals surface area contributed by atoms with Gasteiger partial charge in [0.05, 0.1) is 5.69 Å². The number of nitrogens with one attached hydrogen (secondary N) is 1. The van der Waals surface area contributed by atoms with Gasteiger partial charge in [-0.1, -0.05) is 25.1 Å². The summed E-state index contributed by atoms with van der Waals surface area (Å²) < 4.78 is 1.63.